The van der Waals surface area contributed by atoms with Gasteiger partial charge in [0.25, 0.3) is 5.69 Å². The highest BCUT2D eigenvalue weighted by Gasteiger charge is 2.25. The Kier molecular flexibility index (Phi) is 5.04. The molecule has 20 heavy (non-hydrogen) atoms. The van der Waals surface area contributed by atoms with Crippen LogP contribution in [0, 0.1) is 10.1 Å². The van der Waals surface area contributed by atoms with E-state index in [0.717, 1.165) is 6.54 Å². The zero-order valence-electron chi connectivity index (χ0n) is 10.9. The van der Waals surface area contributed by atoms with Gasteiger partial charge in [0.15, 0.2) is 0 Å². The lowest BCUT2D eigenvalue weighted by Gasteiger charge is -2.35. The van der Waals surface area contributed by atoms with Crippen molar-refractivity contribution >= 4 is 34.6 Å². The molecule has 1 aromatic carbocycles. The van der Waals surface area contributed by atoms with Crippen LogP contribution < -0.4 is 10.2 Å². The number of halogens is 2. The molecule has 1 heterocycles. The van der Waals surface area contributed by atoms with Gasteiger partial charge in [0.1, 0.15) is 0 Å². The van der Waals surface area contributed by atoms with E-state index in [9.17, 15) is 10.1 Å². The van der Waals surface area contributed by atoms with Crippen molar-refractivity contribution in [2.75, 3.05) is 38.2 Å². The normalized spacial score (nSPS) is 19.1. The Bertz CT molecular complexity index is 488. The molecule has 1 aliphatic rings. The molecule has 1 aliphatic heterocycles. The van der Waals surface area contributed by atoms with E-state index in [4.69, 9.17) is 27.9 Å². The van der Waals surface area contributed by atoms with Gasteiger partial charge in [-0.15, -0.1) is 0 Å². The molecule has 1 aromatic rings. The molecular formula is C12H15Cl2N3O3. The van der Waals surface area contributed by atoms with Gasteiger partial charge in [-0.05, 0) is 7.05 Å². The summed E-state index contributed by atoms with van der Waals surface area (Å²) in [6, 6.07) is 2.65. The lowest BCUT2D eigenvalue weighted by atomic mass is 10.2. The van der Waals surface area contributed by atoms with Crippen LogP contribution in [0.5, 0.6) is 0 Å². The van der Waals surface area contributed by atoms with Crippen molar-refractivity contribution in [3.05, 3.63) is 32.3 Å². The van der Waals surface area contributed by atoms with Crippen LogP contribution in [0.15, 0.2) is 12.1 Å². The van der Waals surface area contributed by atoms with Crippen LogP contribution in [0.1, 0.15) is 0 Å². The lowest BCUT2D eigenvalue weighted by molar-refractivity contribution is -0.384. The number of benzene rings is 1. The van der Waals surface area contributed by atoms with E-state index >= 15 is 0 Å². The van der Waals surface area contributed by atoms with E-state index in [1.54, 1.807) is 0 Å². The first-order valence-electron chi connectivity index (χ1n) is 6.17. The third kappa shape index (κ3) is 3.32. The summed E-state index contributed by atoms with van der Waals surface area (Å²) in [5.41, 5.74) is 0.520. The van der Waals surface area contributed by atoms with Crippen molar-refractivity contribution in [1.82, 2.24) is 5.32 Å². The maximum Gasteiger partial charge on any atom is 0.272 e. The Labute approximate surface area is 126 Å². The van der Waals surface area contributed by atoms with Gasteiger partial charge in [-0.2, -0.15) is 0 Å². The number of morpholine rings is 1. The average Bonchev–Trinajstić information content (AvgIpc) is 2.38. The van der Waals surface area contributed by atoms with Crippen LogP contribution in [-0.4, -0.2) is 44.3 Å². The van der Waals surface area contributed by atoms with Crippen molar-refractivity contribution in [1.29, 1.82) is 0 Å². The Morgan fingerprint density at radius 3 is 2.70 bits per heavy atom. The number of rotatable bonds is 4. The minimum atomic E-state index is -0.509. The molecule has 1 fully saturated rings. The van der Waals surface area contributed by atoms with Crippen LogP contribution >= 0.6 is 23.2 Å². The minimum Gasteiger partial charge on any atom is -0.373 e. The van der Waals surface area contributed by atoms with Gasteiger partial charge in [0, 0.05) is 31.8 Å². The van der Waals surface area contributed by atoms with E-state index in [-0.39, 0.29) is 21.8 Å². The van der Waals surface area contributed by atoms with Gasteiger partial charge in [-0.25, -0.2) is 0 Å². The van der Waals surface area contributed by atoms with Crippen LogP contribution in [0.25, 0.3) is 0 Å². The molecule has 0 spiro atoms. The summed E-state index contributed by atoms with van der Waals surface area (Å²) in [5, 5.41) is 14.4. The number of nitrogens with zero attached hydrogens (tertiary/aromatic N) is 2. The van der Waals surface area contributed by atoms with Crippen LogP contribution in [0.4, 0.5) is 11.4 Å². The Balaban J connectivity index is 2.26. The highest BCUT2D eigenvalue weighted by molar-refractivity contribution is 6.39. The van der Waals surface area contributed by atoms with Crippen molar-refractivity contribution in [3.8, 4) is 0 Å². The highest BCUT2D eigenvalue weighted by Crippen LogP contribution is 2.38. The fourth-order valence-corrected chi connectivity index (χ4v) is 2.95. The summed E-state index contributed by atoms with van der Waals surface area (Å²) in [7, 11) is 1.86. The standard InChI is InChI=1S/C12H15Cl2N3O3/c1-15-6-9-7-16(2-3-20-9)12-10(13)4-8(17(18)19)5-11(12)14/h4-5,9,15H,2-3,6-7H2,1H3. The summed E-state index contributed by atoms with van der Waals surface area (Å²) in [6.45, 7) is 2.57. The van der Waals surface area contributed by atoms with Gasteiger partial charge in [-0.3, -0.25) is 10.1 Å². The molecule has 1 N–H and O–H groups in total. The molecule has 1 atom stereocenters. The molecule has 8 heteroatoms. The molecule has 2 rings (SSSR count). The first-order valence-corrected chi connectivity index (χ1v) is 6.93. The van der Waals surface area contributed by atoms with Gasteiger partial charge >= 0.3 is 0 Å². The molecule has 1 saturated heterocycles. The van der Waals surface area contributed by atoms with Gasteiger partial charge < -0.3 is 15.0 Å². The van der Waals surface area contributed by atoms with Gasteiger partial charge in [0.2, 0.25) is 0 Å². The predicted molar refractivity (Wildman–Crippen MR) is 79.0 cm³/mol. The maximum atomic E-state index is 10.8. The largest absolute Gasteiger partial charge is 0.373 e. The summed E-state index contributed by atoms with van der Waals surface area (Å²) in [4.78, 5) is 12.3. The second-order valence-electron chi connectivity index (χ2n) is 4.51. The second kappa shape index (κ2) is 6.58. The van der Waals surface area contributed by atoms with Crippen molar-refractivity contribution in [2.24, 2.45) is 0 Å². The summed E-state index contributed by atoms with van der Waals surface area (Å²) in [5.74, 6) is 0. The summed E-state index contributed by atoms with van der Waals surface area (Å²) in [6.07, 6.45) is 0.0380. The molecule has 0 radical (unpaired) electrons. The highest BCUT2D eigenvalue weighted by atomic mass is 35.5. The third-order valence-electron chi connectivity index (χ3n) is 3.10. The first kappa shape index (κ1) is 15.3. The number of ether oxygens (including phenoxy) is 1. The van der Waals surface area contributed by atoms with Crippen molar-refractivity contribution in [3.63, 3.8) is 0 Å². The number of nitro benzene ring substituents is 1. The smallest absolute Gasteiger partial charge is 0.272 e. The van der Waals surface area contributed by atoms with Crippen LogP contribution in [0.2, 0.25) is 10.0 Å². The molecular weight excluding hydrogens is 305 g/mol. The summed E-state index contributed by atoms with van der Waals surface area (Å²) < 4.78 is 5.61. The number of hydrogen-bond acceptors (Lipinski definition) is 5. The number of hydrogen-bond donors (Lipinski definition) is 1. The zero-order valence-corrected chi connectivity index (χ0v) is 12.4. The first-order chi connectivity index (χ1) is 9.52. The fraction of sp³-hybridized carbons (Fsp3) is 0.500. The monoisotopic (exact) mass is 319 g/mol. The topological polar surface area (TPSA) is 67.6 Å². The molecule has 6 nitrogen and oxygen atoms in total. The molecule has 0 aromatic heterocycles. The quantitative estimate of drug-likeness (QED) is 0.681. The number of likely N-dealkylation sites (N-methyl/N-ethyl adjacent to an activating group) is 1. The number of nitrogens with one attached hydrogen (secondary N) is 1. The molecule has 0 amide bonds. The molecule has 0 aliphatic carbocycles. The maximum absolute atomic E-state index is 10.8. The number of anilines is 1. The molecule has 1 unspecified atom stereocenters. The zero-order chi connectivity index (χ0) is 14.7. The van der Waals surface area contributed by atoms with Crippen LogP contribution in [0.3, 0.4) is 0 Å². The number of nitro groups is 1. The van der Waals surface area contributed by atoms with E-state index in [0.29, 0.717) is 25.4 Å². The molecule has 0 saturated carbocycles. The SMILES string of the molecule is CNCC1CN(c2c(Cl)cc([N+](=O)[O-])cc2Cl)CCO1. The lowest BCUT2D eigenvalue weighted by Crippen LogP contribution is -2.46. The van der Waals surface area contributed by atoms with Gasteiger partial charge in [0.05, 0.1) is 33.4 Å². The van der Waals surface area contributed by atoms with Crippen LogP contribution in [-0.2, 0) is 4.74 Å². The van der Waals surface area contributed by atoms with E-state index < -0.39 is 4.92 Å². The number of non-ortho nitro benzene ring substituents is 1. The second-order valence-corrected chi connectivity index (χ2v) is 5.33. The average molecular weight is 320 g/mol. The fourth-order valence-electron chi connectivity index (χ4n) is 2.23. The predicted octanol–water partition coefficient (Wildman–Crippen LogP) is 2.33. The van der Waals surface area contributed by atoms with E-state index in [2.05, 4.69) is 5.32 Å². The van der Waals surface area contributed by atoms with Crippen molar-refractivity contribution < 1.29 is 9.66 Å². The Hall–Kier alpha value is -1.08. The minimum absolute atomic E-state index is 0.0380. The molecule has 110 valence electrons. The van der Waals surface area contributed by atoms with Gasteiger partial charge in [-0.1, -0.05) is 23.2 Å². The van der Waals surface area contributed by atoms with E-state index in [1.165, 1.54) is 12.1 Å². The Morgan fingerprint density at radius 1 is 1.50 bits per heavy atom. The summed E-state index contributed by atoms with van der Waals surface area (Å²) >= 11 is 12.3. The Morgan fingerprint density at radius 2 is 2.15 bits per heavy atom. The molecule has 0 bridgehead atoms. The third-order valence-corrected chi connectivity index (χ3v) is 3.68. The van der Waals surface area contributed by atoms with E-state index in [1.807, 2.05) is 11.9 Å². The van der Waals surface area contributed by atoms with Crippen molar-refractivity contribution in [2.45, 2.75) is 6.10 Å².